The van der Waals surface area contributed by atoms with Crippen molar-refractivity contribution in [2.24, 2.45) is 5.73 Å². The van der Waals surface area contributed by atoms with Crippen LogP contribution in [0.3, 0.4) is 0 Å². The third-order valence-electron chi connectivity index (χ3n) is 2.68. The van der Waals surface area contributed by atoms with Gasteiger partial charge in [0.05, 0.1) is 5.92 Å². The molecule has 2 rings (SSSR count). The average Bonchev–Trinajstić information content (AvgIpc) is 2.52. The number of halogens is 1. The fraction of sp³-hybridized carbons (Fsp3) is 0.417. The van der Waals surface area contributed by atoms with E-state index in [4.69, 9.17) is 31.9 Å². The van der Waals surface area contributed by atoms with Crippen molar-refractivity contribution in [2.75, 3.05) is 6.54 Å². The van der Waals surface area contributed by atoms with Crippen molar-refractivity contribution in [3.8, 4) is 11.5 Å². The summed E-state index contributed by atoms with van der Waals surface area (Å²) in [5.74, 6) is -1.65. The Morgan fingerprint density at radius 3 is 2.50 bits per heavy atom. The van der Waals surface area contributed by atoms with E-state index >= 15 is 0 Å². The minimum atomic E-state index is -1.02. The minimum Gasteiger partial charge on any atom is -0.481 e. The zero-order valence-corrected chi connectivity index (χ0v) is 10.8. The van der Waals surface area contributed by atoms with Gasteiger partial charge in [0.2, 0.25) is 5.79 Å². The number of carboxylic acid groups (broad SMARTS) is 1. The van der Waals surface area contributed by atoms with E-state index in [1.165, 1.54) is 0 Å². The predicted octanol–water partition coefficient (Wildman–Crippen LogP) is 1.97. The number of ether oxygens (including phenoxy) is 2. The van der Waals surface area contributed by atoms with Gasteiger partial charge in [0.15, 0.2) is 11.5 Å². The predicted molar refractivity (Wildman–Crippen MR) is 66.2 cm³/mol. The van der Waals surface area contributed by atoms with Crippen LogP contribution in [-0.4, -0.2) is 23.4 Å². The number of carboxylic acids is 1. The molecule has 0 amide bonds. The van der Waals surface area contributed by atoms with Gasteiger partial charge < -0.3 is 20.3 Å². The van der Waals surface area contributed by atoms with Crippen molar-refractivity contribution in [1.29, 1.82) is 0 Å². The highest BCUT2D eigenvalue weighted by molar-refractivity contribution is 6.31. The van der Waals surface area contributed by atoms with Crippen LogP contribution < -0.4 is 15.2 Å². The molecule has 6 heteroatoms. The number of fused-ring (bicyclic) bond motifs is 1. The van der Waals surface area contributed by atoms with Gasteiger partial charge in [0.25, 0.3) is 0 Å². The Labute approximate surface area is 109 Å². The number of hydrogen-bond donors (Lipinski definition) is 2. The molecule has 3 N–H and O–H groups in total. The lowest BCUT2D eigenvalue weighted by Crippen LogP contribution is -2.29. The second-order valence-corrected chi connectivity index (χ2v) is 4.96. The van der Waals surface area contributed by atoms with Gasteiger partial charge in [-0.3, -0.25) is 4.79 Å². The SMILES string of the molecule is CC1(C)Oc2cc(Cl)c(C(CN)C(=O)O)cc2O1. The van der Waals surface area contributed by atoms with Gasteiger partial charge in [-0.2, -0.15) is 0 Å². The lowest BCUT2D eigenvalue weighted by molar-refractivity contribution is -0.138. The zero-order valence-electron chi connectivity index (χ0n) is 10.1. The molecule has 18 heavy (non-hydrogen) atoms. The smallest absolute Gasteiger partial charge is 0.312 e. The van der Waals surface area contributed by atoms with Crippen LogP contribution >= 0.6 is 11.6 Å². The Kier molecular flexibility index (Phi) is 3.12. The van der Waals surface area contributed by atoms with Gasteiger partial charge in [-0.25, -0.2) is 0 Å². The first-order valence-corrected chi connectivity index (χ1v) is 5.86. The second-order valence-electron chi connectivity index (χ2n) is 4.55. The van der Waals surface area contributed by atoms with Crippen molar-refractivity contribution >= 4 is 17.6 Å². The molecule has 1 aliphatic heterocycles. The van der Waals surface area contributed by atoms with E-state index in [0.29, 0.717) is 22.1 Å². The summed E-state index contributed by atoms with van der Waals surface area (Å²) < 4.78 is 11.1. The van der Waals surface area contributed by atoms with Gasteiger partial charge in [0, 0.05) is 31.5 Å². The van der Waals surface area contributed by atoms with Crippen LogP contribution in [0.25, 0.3) is 0 Å². The van der Waals surface area contributed by atoms with E-state index in [2.05, 4.69) is 0 Å². The molecule has 5 nitrogen and oxygen atoms in total. The molecule has 1 aromatic rings. The van der Waals surface area contributed by atoms with Gasteiger partial charge in [-0.15, -0.1) is 0 Å². The van der Waals surface area contributed by atoms with E-state index in [0.717, 1.165) is 0 Å². The van der Waals surface area contributed by atoms with Crippen LogP contribution in [0, 0.1) is 0 Å². The maximum atomic E-state index is 11.1. The van der Waals surface area contributed by atoms with Crippen LogP contribution in [-0.2, 0) is 4.79 Å². The molecule has 0 saturated heterocycles. The molecular formula is C12H14ClNO4. The largest absolute Gasteiger partial charge is 0.481 e. The number of carbonyl (C=O) groups is 1. The van der Waals surface area contributed by atoms with Crippen molar-refractivity contribution in [3.63, 3.8) is 0 Å². The van der Waals surface area contributed by atoms with Crippen LogP contribution in [0.15, 0.2) is 12.1 Å². The molecule has 0 aliphatic carbocycles. The second kappa shape index (κ2) is 4.33. The molecule has 0 radical (unpaired) electrons. The minimum absolute atomic E-state index is 0.0297. The summed E-state index contributed by atoms with van der Waals surface area (Å²) in [5, 5.41) is 9.40. The van der Waals surface area contributed by atoms with E-state index in [1.807, 2.05) is 0 Å². The van der Waals surface area contributed by atoms with E-state index in [1.54, 1.807) is 26.0 Å². The summed E-state index contributed by atoms with van der Waals surface area (Å²) in [7, 11) is 0. The van der Waals surface area contributed by atoms with Crippen molar-refractivity contribution in [3.05, 3.63) is 22.7 Å². The Hall–Kier alpha value is -1.46. The van der Waals surface area contributed by atoms with Crippen LogP contribution in [0.2, 0.25) is 5.02 Å². The zero-order chi connectivity index (χ0) is 13.5. The molecule has 0 saturated carbocycles. The molecule has 98 valence electrons. The number of hydrogen-bond acceptors (Lipinski definition) is 4. The molecule has 1 unspecified atom stereocenters. The van der Waals surface area contributed by atoms with Crippen molar-refractivity contribution in [1.82, 2.24) is 0 Å². The molecular weight excluding hydrogens is 258 g/mol. The highest BCUT2D eigenvalue weighted by Gasteiger charge is 2.34. The maximum Gasteiger partial charge on any atom is 0.312 e. The lowest BCUT2D eigenvalue weighted by Gasteiger charge is -2.16. The monoisotopic (exact) mass is 271 g/mol. The average molecular weight is 272 g/mol. The molecule has 0 aromatic heterocycles. The number of aliphatic carboxylic acids is 1. The molecule has 1 aromatic carbocycles. The van der Waals surface area contributed by atoms with Crippen LogP contribution in [0.1, 0.15) is 25.3 Å². The Morgan fingerprint density at radius 2 is 2.00 bits per heavy atom. The van der Waals surface area contributed by atoms with Gasteiger partial charge in [-0.1, -0.05) is 11.6 Å². The Bertz CT molecular complexity index is 501. The van der Waals surface area contributed by atoms with Crippen LogP contribution in [0.4, 0.5) is 0 Å². The maximum absolute atomic E-state index is 11.1. The van der Waals surface area contributed by atoms with Crippen molar-refractivity contribution in [2.45, 2.75) is 25.6 Å². The summed E-state index contributed by atoms with van der Waals surface area (Å²) in [6.07, 6.45) is 0. The number of rotatable bonds is 3. The normalized spacial score (nSPS) is 17.6. The van der Waals surface area contributed by atoms with E-state index in [-0.39, 0.29) is 6.54 Å². The molecule has 1 atom stereocenters. The highest BCUT2D eigenvalue weighted by Crippen LogP contribution is 2.43. The summed E-state index contributed by atoms with van der Waals surface area (Å²) in [5.41, 5.74) is 5.90. The van der Waals surface area contributed by atoms with E-state index < -0.39 is 17.7 Å². The summed E-state index contributed by atoms with van der Waals surface area (Å²) in [6, 6.07) is 3.14. The molecule has 0 fully saturated rings. The fourth-order valence-corrected chi connectivity index (χ4v) is 2.17. The third-order valence-corrected chi connectivity index (χ3v) is 3.01. The molecule has 0 spiro atoms. The lowest BCUT2D eigenvalue weighted by atomic mass is 9.99. The van der Waals surface area contributed by atoms with Gasteiger partial charge >= 0.3 is 5.97 Å². The molecule has 1 aliphatic rings. The third kappa shape index (κ3) is 2.23. The topological polar surface area (TPSA) is 81.8 Å². The van der Waals surface area contributed by atoms with Gasteiger partial charge in [-0.05, 0) is 11.6 Å². The van der Waals surface area contributed by atoms with Gasteiger partial charge in [0.1, 0.15) is 0 Å². The first-order valence-electron chi connectivity index (χ1n) is 5.48. The molecule has 0 bridgehead atoms. The molecule has 1 heterocycles. The standard InChI is InChI=1S/C12H14ClNO4/c1-12(2)17-9-3-6(7(5-14)11(15)16)8(13)4-10(9)18-12/h3-4,7H,5,14H2,1-2H3,(H,15,16). The quantitative estimate of drug-likeness (QED) is 0.878. The van der Waals surface area contributed by atoms with Crippen molar-refractivity contribution < 1.29 is 19.4 Å². The first kappa shape index (κ1) is 13.0. The Morgan fingerprint density at radius 1 is 1.44 bits per heavy atom. The van der Waals surface area contributed by atoms with Crippen LogP contribution in [0.5, 0.6) is 11.5 Å². The first-order chi connectivity index (χ1) is 8.34. The summed E-state index contributed by atoms with van der Waals surface area (Å²) in [4.78, 5) is 11.1. The van der Waals surface area contributed by atoms with E-state index in [9.17, 15) is 4.79 Å². The number of benzene rings is 1. The highest BCUT2D eigenvalue weighted by atomic mass is 35.5. The summed E-state index contributed by atoms with van der Waals surface area (Å²) >= 11 is 6.06. The Balaban J connectivity index is 2.44. The summed E-state index contributed by atoms with van der Waals surface area (Å²) in [6.45, 7) is 3.49. The fourth-order valence-electron chi connectivity index (χ4n) is 1.89. The number of nitrogens with two attached hydrogens (primary N) is 1.